The van der Waals surface area contributed by atoms with Crippen LogP contribution in [-0.2, 0) is 37.0 Å². The number of benzene rings is 1. The summed E-state index contributed by atoms with van der Waals surface area (Å²) in [4.78, 5) is 49.1. The van der Waals surface area contributed by atoms with E-state index in [2.05, 4.69) is 20.4 Å². The number of nitrogens with zero attached hydrogens (tertiary/aromatic N) is 4. The van der Waals surface area contributed by atoms with Crippen LogP contribution < -0.4 is 5.32 Å². The molecule has 156 valence electrons. The first-order valence-corrected chi connectivity index (χ1v) is 9.30. The quantitative estimate of drug-likeness (QED) is 0.505. The third kappa shape index (κ3) is 3.66. The molecule has 0 radical (unpaired) electrons. The van der Waals surface area contributed by atoms with Gasteiger partial charge in [0.15, 0.2) is 0 Å². The summed E-state index contributed by atoms with van der Waals surface area (Å²) in [6, 6.07) is 4.54. The van der Waals surface area contributed by atoms with Crippen LogP contribution in [0.3, 0.4) is 0 Å². The fraction of sp³-hybridized carbons (Fsp3) is 0.368. The van der Waals surface area contributed by atoms with Crippen molar-refractivity contribution in [2.75, 3.05) is 13.7 Å². The SMILES string of the molecule is COC(=O)COCc1cn(-c2cccc3c2CN(C2CCC(=O)NC2=O)C3=O)nn1. The van der Waals surface area contributed by atoms with Crippen molar-refractivity contribution >= 4 is 23.7 Å². The number of carbonyl (C=O) groups excluding carboxylic acids is 4. The Hall–Kier alpha value is -3.60. The van der Waals surface area contributed by atoms with E-state index in [1.165, 1.54) is 16.7 Å². The highest BCUT2D eigenvalue weighted by atomic mass is 16.6. The molecule has 0 aliphatic carbocycles. The van der Waals surface area contributed by atoms with Crippen molar-refractivity contribution in [3.05, 3.63) is 41.2 Å². The molecule has 1 unspecified atom stereocenters. The minimum Gasteiger partial charge on any atom is -0.467 e. The fourth-order valence-electron chi connectivity index (χ4n) is 3.56. The second kappa shape index (κ2) is 8.03. The average molecular weight is 413 g/mol. The first-order valence-electron chi connectivity index (χ1n) is 9.30. The second-order valence-corrected chi connectivity index (χ2v) is 6.93. The molecule has 0 spiro atoms. The molecule has 1 N–H and O–H groups in total. The molecule has 2 aromatic rings. The number of piperidine rings is 1. The Morgan fingerprint density at radius 2 is 2.13 bits per heavy atom. The highest BCUT2D eigenvalue weighted by Crippen LogP contribution is 2.31. The summed E-state index contributed by atoms with van der Waals surface area (Å²) in [5.41, 5.74) is 2.36. The van der Waals surface area contributed by atoms with E-state index in [-0.39, 0.29) is 38.0 Å². The Morgan fingerprint density at radius 3 is 2.90 bits per heavy atom. The largest absolute Gasteiger partial charge is 0.467 e. The van der Waals surface area contributed by atoms with Gasteiger partial charge in [0.25, 0.3) is 5.91 Å². The lowest BCUT2D eigenvalue weighted by molar-refractivity contribution is -0.146. The van der Waals surface area contributed by atoms with Crippen LogP contribution in [0.2, 0.25) is 0 Å². The molecular formula is C19H19N5O6. The van der Waals surface area contributed by atoms with Gasteiger partial charge in [-0.25, -0.2) is 9.48 Å². The topological polar surface area (TPSA) is 133 Å². The zero-order chi connectivity index (χ0) is 21.3. The molecule has 11 heteroatoms. The minimum absolute atomic E-state index is 0.0749. The molecule has 0 saturated carbocycles. The molecule has 3 heterocycles. The van der Waals surface area contributed by atoms with Crippen molar-refractivity contribution in [1.29, 1.82) is 0 Å². The van der Waals surface area contributed by atoms with Crippen molar-refractivity contribution in [1.82, 2.24) is 25.2 Å². The molecular weight excluding hydrogens is 394 g/mol. The minimum atomic E-state index is -0.687. The Balaban J connectivity index is 1.53. The van der Waals surface area contributed by atoms with Crippen LogP contribution in [0.4, 0.5) is 0 Å². The summed E-state index contributed by atoms with van der Waals surface area (Å²) >= 11 is 0. The molecule has 3 amide bonds. The van der Waals surface area contributed by atoms with E-state index >= 15 is 0 Å². The van der Waals surface area contributed by atoms with Crippen molar-refractivity contribution in [2.24, 2.45) is 0 Å². The maximum absolute atomic E-state index is 12.9. The van der Waals surface area contributed by atoms with E-state index < -0.39 is 17.9 Å². The molecule has 1 aromatic heterocycles. The number of carbonyl (C=O) groups is 4. The Morgan fingerprint density at radius 1 is 1.30 bits per heavy atom. The van der Waals surface area contributed by atoms with Gasteiger partial charge in [-0.3, -0.25) is 19.7 Å². The standard InChI is InChI=1S/C19H19N5O6/c1-29-17(26)10-30-9-11-7-24(22-21-11)14-4-2-3-12-13(14)8-23(19(12)28)15-5-6-16(25)20-18(15)27/h2-4,7,15H,5-6,8-10H2,1H3,(H,20,25,27). The molecule has 1 saturated heterocycles. The zero-order valence-corrected chi connectivity index (χ0v) is 16.2. The highest BCUT2D eigenvalue weighted by molar-refractivity contribution is 6.05. The lowest BCUT2D eigenvalue weighted by atomic mass is 10.0. The summed E-state index contributed by atoms with van der Waals surface area (Å²) in [5, 5.41) is 10.4. The van der Waals surface area contributed by atoms with E-state index in [0.29, 0.717) is 23.4 Å². The third-order valence-corrected chi connectivity index (χ3v) is 5.04. The van der Waals surface area contributed by atoms with Gasteiger partial charge in [-0.1, -0.05) is 11.3 Å². The molecule has 30 heavy (non-hydrogen) atoms. The first-order chi connectivity index (χ1) is 14.5. The van der Waals surface area contributed by atoms with Crippen molar-refractivity contribution < 1.29 is 28.7 Å². The Bertz CT molecular complexity index is 1030. The number of rotatable bonds is 6. The van der Waals surface area contributed by atoms with Crippen molar-refractivity contribution in [3.8, 4) is 5.69 Å². The second-order valence-electron chi connectivity index (χ2n) is 6.93. The molecule has 0 bridgehead atoms. The first kappa shape index (κ1) is 19.7. The number of imide groups is 1. The maximum atomic E-state index is 12.9. The number of esters is 1. The van der Waals surface area contributed by atoms with Gasteiger partial charge in [0, 0.05) is 24.1 Å². The smallest absolute Gasteiger partial charge is 0.331 e. The number of hydrogen-bond donors (Lipinski definition) is 1. The van der Waals surface area contributed by atoms with E-state index in [1.54, 1.807) is 24.4 Å². The fourth-order valence-corrected chi connectivity index (χ4v) is 3.56. The number of aromatic nitrogens is 3. The monoisotopic (exact) mass is 413 g/mol. The molecule has 4 rings (SSSR count). The number of fused-ring (bicyclic) bond motifs is 1. The van der Waals surface area contributed by atoms with Gasteiger partial charge in [0.05, 0.1) is 25.6 Å². The van der Waals surface area contributed by atoms with Gasteiger partial charge in [0.2, 0.25) is 11.8 Å². The Labute approximate surface area is 170 Å². The van der Waals surface area contributed by atoms with Crippen LogP contribution in [0.25, 0.3) is 5.69 Å². The number of nitrogens with one attached hydrogen (secondary N) is 1. The van der Waals surface area contributed by atoms with Crippen LogP contribution in [0.15, 0.2) is 24.4 Å². The van der Waals surface area contributed by atoms with E-state index in [4.69, 9.17) is 4.74 Å². The van der Waals surface area contributed by atoms with Crippen molar-refractivity contribution in [3.63, 3.8) is 0 Å². The predicted octanol–water partition coefficient (Wildman–Crippen LogP) is -0.282. The van der Waals surface area contributed by atoms with Gasteiger partial charge in [-0.05, 0) is 18.6 Å². The zero-order valence-electron chi connectivity index (χ0n) is 16.2. The van der Waals surface area contributed by atoms with Crippen LogP contribution in [0, 0.1) is 0 Å². The van der Waals surface area contributed by atoms with Crippen LogP contribution in [0.1, 0.15) is 34.5 Å². The summed E-state index contributed by atoms with van der Waals surface area (Å²) < 4.78 is 11.3. The summed E-state index contributed by atoms with van der Waals surface area (Å²) in [6.45, 7) is 0.107. The van der Waals surface area contributed by atoms with E-state index in [0.717, 1.165) is 5.56 Å². The van der Waals surface area contributed by atoms with Gasteiger partial charge in [0.1, 0.15) is 18.3 Å². The lowest BCUT2D eigenvalue weighted by Gasteiger charge is -2.29. The molecule has 2 aliphatic heterocycles. The van der Waals surface area contributed by atoms with Crippen molar-refractivity contribution in [2.45, 2.75) is 32.0 Å². The van der Waals surface area contributed by atoms with E-state index in [1.807, 2.05) is 0 Å². The molecule has 11 nitrogen and oxygen atoms in total. The molecule has 1 aromatic carbocycles. The third-order valence-electron chi connectivity index (χ3n) is 5.04. The van der Waals surface area contributed by atoms with Gasteiger partial charge in [-0.15, -0.1) is 5.10 Å². The summed E-state index contributed by atoms with van der Waals surface area (Å²) in [6.07, 6.45) is 2.14. The van der Waals surface area contributed by atoms with E-state index in [9.17, 15) is 19.2 Å². The molecule has 1 atom stereocenters. The molecule has 2 aliphatic rings. The van der Waals surface area contributed by atoms with Crippen LogP contribution in [0.5, 0.6) is 0 Å². The average Bonchev–Trinajstić information content (AvgIpc) is 3.33. The highest BCUT2D eigenvalue weighted by Gasteiger charge is 2.40. The van der Waals surface area contributed by atoms with Crippen LogP contribution >= 0.6 is 0 Å². The van der Waals surface area contributed by atoms with Gasteiger partial charge in [-0.2, -0.15) is 0 Å². The number of methoxy groups -OCH3 is 1. The van der Waals surface area contributed by atoms with Crippen LogP contribution in [-0.4, -0.2) is 63.3 Å². The van der Waals surface area contributed by atoms with Gasteiger partial charge >= 0.3 is 5.97 Å². The number of ether oxygens (including phenoxy) is 2. The Kier molecular flexibility index (Phi) is 5.27. The predicted molar refractivity (Wildman–Crippen MR) is 99.1 cm³/mol. The summed E-state index contributed by atoms with van der Waals surface area (Å²) in [5.74, 6) is -1.54. The summed E-state index contributed by atoms with van der Waals surface area (Å²) in [7, 11) is 1.28. The number of amides is 3. The molecule has 1 fully saturated rings. The normalized spacial score (nSPS) is 18.4. The lowest BCUT2D eigenvalue weighted by Crippen LogP contribution is -2.52. The maximum Gasteiger partial charge on any atom is 0.331 e. The van der Waals surface area contributed by atoms with Gasteiger partial charge < -0.3 is 14.4 Å². The number of hydrogen-bond acceptors (Lipinski definition) is 8.